The van der Waals surface area contributed by atoms with E-state index in [-0.39, 0.29) is 0 Å². The van der Waals surface area contributed by atoms with Crippen LogP contribution in [0.15, 0.2) is 180 Å². The topological polar surface area (TPSA) is 26.0 Å². The predicted molar refractivity (Wildman–Crippen MR) is 206 cm³/mol. The Morgan fingerprint density at radius 1 is 0.347 bits per heavy atom. The van der Waals surface area contributed by atoms with Crippen molar-refractivity contribution < 1.29 is 4.42 Å². The molecule has 0 atom stereocenters. The molecule has 0 unspecified atom stereocenters. The Bertz CT molecular complexity index is 2820. The van der Waals surface area contributed by atoms with Gasteiger partial charge in [-0.3, -0.25) is 0 Å². The summed E-state index contributed by atoms with van der Waals surface area (Å²) in [4.78, 5) is 5.36. The lowest BCUT2D eigenvalue weighted by molar-refractivity contribution is 0.632. The van der Waals surface area contributed by atoms with Gasteiger partial charge >= 0.3 is 0 Å². The van der Waals surface area contributed by atoms with Crippen LogP contribution in [0.5, 0.6) is 0 Å². The molecule has 0 aliphatic heterocycles. The number of hydrogen-bond acceptors (Lipinski definition) is 2. The van der Waals surface area contributed by atoms with Gasteiger partial charge in [0.15, 0.2) is 5.58 Å². The standard InChI is InChI=1S/C47H29NO/c1-4-14-30(15-5-1)43-44-40-27-25-34(33-24-26-39-37-22-11-10-20-35(37)36-21-12-13-23-38(36)41(39)28-33)29-42(40)48-45(31-16-6-2-7-17-31)47(44)49-46(43)32-18-8-3-9-19-32/h1-29H. The number of hydrogen-bond donors (Lipinski definition) is 0. The molecule has 2 heterocycles. The van der Waals surface area contributed by atoms with Crippen LogP contribution in [0, 0.1) is 0 Å². The molecule has 49 heavy (non-hydrogen) atoms. The normalized spacial score (nSPS) is 11.7. The van der Waals surface area contributed by atoms with E-state index in [1.807, 2.05) is 12.1 Å². The zero-order chi connectivity index (χ0) is 32.3. The highest BCUT2D eigenvalue weighted by molar-refractivity contribution is 6.26. The van der Waals surface area contributed by atoms with Crippen molar-refractivity contribution in [1.29, 1.82) is 0 Å². The molecule has 0 N–H and O–H groups in total. The molecule has 228 valence electrons. The average molecular weight is 624 g/mol. The van der Waals surface area contributed by atoms with Crippen molar-refractivity contribution >= 4 is 54.2 Å². The third-order valence-corrected chi connectivity index (χ3v) is 9.85. The summed E-state index contributed by atoms with van der Waals surface area (Å²) in [5.41, 5.74) is 9.14. The van der Waals surface area contributed by atoms with Crippen molar-refractivity contribution in [2.24, 2.45) is 0 Å². The second kappa shape index (κ2) is 11.0. The van der Waals surface area contributed by atoms with E-state index in [1.165, 1.54) is 37.9 Å². The van der Waals surface area contributed by atoms with Crippen LogP contribution >= 0.6 is 0 Å². The van der Waals surface area contributed by atoms with Crippen molar-refractivity contribution in [3.8, 4) is 44.8 Å². The maximum absolute atomic E-state index is 6.91. The largest absolute Gasteiger partial charge is 0.453 e. The zero-order valence-electron chi connectivity index (χ0n) is 26.6. The van der Waals surface area contributed by atoms with Crippen LogP contribution in [0.3, 0.4) is 0 Å². The molecule has 0 aliphatic carbocycles. The van der Waals surface area contributed by atoms with Gasteiger partial charge in [0.25, 0.3) is 0 Å². The Labute approximate surface area is 283 Å². The minimum absolute atomic E-state index is 0.799. The van der Waals surface area contributed by atoms with Gasteiger partial charge in [-0.15, -0.1) is 0 Å². The molecule has 10 aromatic rings. The molecule has 8 aromatic carbocycles. The third-order valence-electron chi connectivity index (χ3n) is 9.85. The van der Waals surface area contributed by atoms with Gasteiger partial charge in [-0.25, -0.2) is 4.98 Å². The van der Waals surface area contributed by atoms with Crippen molar-refractivity contribution in [2.45, 2.75) is 0 Å². The van der Waals surface area contributed by atoms with E-state index in [4.69, 9.17) is 9.40 Å². The van der Waals surface area contributed by atoms with E-state index in [0.29, 0.717) is 0 Å². The second-order valence-corrected chi connectivity index (χ2v) is 12.7. The summed E-state index contributed by atoms with van der Waals surface area (Å²) in [6.07, 6.45) is 0. The quantitative estimate of drug-likeness (QED) is 0.182. The predicted octanol–water partition coefficient (Wildman–Crippen LogP) is 13.1. The van der Waals surface area contributed by atoms with Crippen molar-refractivity contribution in [3.05, 3.63) is 176 Å². The van der Waals surface area contributed by atoms with Gasteiger partial charge in [0.05, 0.1) is 5.52 Å². The van der Waals surface area contributed by atoms with Gasteiger partial charge in [-0.2, -0.15) is 0 Å². The summed E-state index contributed by atoms with van der Waals surface area (Å²) in [5, 5.41) is 9.79. The summed E-state index contributed by atoms with van der Waals surface area (Å²) >= 11 is 0. The number of aromatic nitrogens is 1. The number of nitrogens with zero attached hydrogens (tertiary/aromatic N) is 1. The first kappa shape index (κ1) is 27.6. The molecule has 0 fully saturated rings. The highest BCUT2D eigenvalue weighted by Gasteiger charge is 2.24. The fraction of sp³-hybridized carbons (Fsp3) is 0. The Morgan fingerprint density at radius 2 is 0.816 bits per heavy atom. The Morgan fingerprint density at radius 3 is 1.43 bits per heavy atom. The van der Waals surface area contributed by atoms with Gasteiger partial charge in [0.2, 0.25) is 0 Å². The molecular formula is C47H29NO. The molecule has 0 aliphatic rings. The number of fused-ring (bicyclic) bond motifs is 9. The highest BCUT2D eigenvalue weighted by atomic mass is 16.3. The van der Waals surface area contributed by atoms with E-state index in [0.717, 1.165) is 61.1 Å². The Hall–Kier alpha value is -6.51. The molecule has 0 amide bonds. The Kier molecular flexibility index (Phi) is 6.22. The number of furan rings is 1. The van der Waals surface area contributed by atoms with E-state index in [9.17, 15) is 0 Å². The average Bonchev–Trinajstić information content (AvgIpc) is 3.59. The summed E-state index contributed by atoms with van der Waals surface area (Å²) in [7, 11) is 0. The van der Waals surface area contributed by atoms with Crippen LogP contribution in [-0.4, -0.2) is 4.98 Å². The minimum Gasteiger partial charge on any atom is -0.453 e. The lowest BCUT2D eigenvalue weighted by Crippen LogP contribution is -1.90. The smallest absolute Gasteiger partial charge is 0.162 e. The maximum Gasteiger partial charge on any atom is 0.162 e. The monoisotopic (exact) mass is 623 g/mol. The van der Waals surface area contributed by atoms with Crippen LogP contribution in [0.25, 0.3) is 99.0 Å². The molecule has 10 rings (SSSR count). The molecule has 0 bridgehead atoms. The molecular weight excluding hydrogens is 595 g/mol. The van der Waals surface area contributed by atoms with E-state index < -0.39 is 0 Å². The molecule has 0 spiro atoms. The van der Waals surface area contributed by atoms with E-state index in [1.54, 1.807) is 0 Å². The third kappa shape index (κ3) is 4.38. The van der Waals surface area contributed by atoms with Crippen LogP contribution in [-0.2, 0) is 0 Å². The minimum atomic E-state index is 0.799. The molecule has 0 saturated heterocycles. The summed E-state index contributed by atoms with van der Waals surface area (Å²) in [5.74, 6) is 0.853. The second-order valence-electron chi connectivity index (χ2n) is 12.7. The van der Waals surface area contributed by atoms with Crippen LogP contribution in [0.4, 0.5) is 0 Å². The van der Waals surface area contributed by atoms with Gasteiger partial charge in [-0.05, 0) is 61.1 Å². The SMILES string of the molecule is c1ccc(-c2oc3c(-c4ccccc4)nc4cc(-c5ccc6c7ccccc7c7ccccc7c6c5)ccc4c3c2-c2ccccc2)cc1. The molecule has 0 radical (unpaired) electrons. The van der Waals surface area contributed by atoms with Crippen LogP contribution in [0.2, 0.25) is 0 Å². The summed E-state index contributed by atoms with van der Waals surface area (Å²) in [6.45, 7) is 0. The maximum atomic E-state index is 6.91. The summed E-state index contributed by atoms with van der Waals surface area (Å²) < 4.78 is 6.91. The fourth-order valence-electron chi connectivity index (χ4n) is 7.59. The molecule has 2 aromatic heterocycles. The lowest BCUT2D eigenvalue weighted by atomic mass is 9.91. The first-order valence-corrected chi connectivity index (χ1v) is 16.7. The van der Waals surface area contributed by atoms with Crippen molar-refractivity contribution in [1.82, 2.24) is 4.98 Å². The van der Waals surface area contributed by atoms with Crippen LogP contribution < -0.4 is 0 Å². The highest BCUT2D eigenvalue weighted by Crippen LogP contribution is 2.47. The number of pyridine rings is 1. The molecule has 0 saturated carbocycles. The number of rotatable bonds is 4. The fourth-order valence-corrected chi connectivity index (χ4v) is 7.59. The van der Waals surface area contributed by atoms with E-state index in [2.05, 4.69) is 164 Å². The Balaban J connectivity index is 1.27. The molecule has 2 heteroatoms. The van der Waals surface area contributed by atoms with Gasteiger partial charge in [0, 0.05) is 27.5 Å². The first-order valence-electron chi connectivity index (χ1n) is 16.7. The summed E-state index contributed by atoms with van der Waals surface area (Å²) in [6, 6.07) is 62.5. The van der Waals surface area contributed by atoms with Crippen LogP contribution in [0.1, 0.15) is 0 Å². The lowest BCUT2D eigenvalue weighted by Gasteiger charge is -2.13. The van der Waals surface area contributed by atoms with E-state index >= 15 is 0 Å². The van der Waals surface area contributed by atoms with Gasteiger partial charge in [0.1, 0.15) is 11.5 Å². The van der Waals surface area contributed by atoms with Gasteiger partial charge in [-0.1, -0.05) is 164 Å². The van der Waals surface area contributed by atoms with Crippen molar-refractivity contribution in [2.75, 3.05) is 0 Å². The number of benzene rings is 8. The zero-order valence-corrected chi connectivity index (χ0v) is 26.6. The molecule has 2 nitrogen and oxygen atoms in total. The van der Waals surface area contributed by atoms with Gasteiger partial charge < -0.3 is 4.42 Å². The first-order chi connectivity index (χ1) is 24.3. The van der Waals surface area contributed by atoms with Crippen molar-refractivity contribution in [3.63, 3.8) is 0 Å².